The Hall–Kier alpha value is -1.64. The van der Waals surface area contributed by atoms with Crippen molar-refractivity contribution in [1.29, 1.82) is 0 Å². The average Bonchev–Trinajstić information content (AvgIpc) is 2.39. The zero-order chi connectivity index (χ0) is 13.1. The zero-order valence-electron chi connectivity index (χ0n) is 10.9. The molecule has 1 aromatic carbocycles. The van der Waals surface area contributed by atoms with Gasteiger partial charge in [0, 0.05) is 12.0 Å². The Morgan fingerprint density at radius 1 is 1.44 bits per heavy atom. The van der Waals surface area contributed by atoms with Crippen LogP contribution in [-0.4, -0.2) is 18.7 Å². The summed E-state index contributed by atoms with van der Waals surface area (Å²) in [5.74, 6) is 0.278. The summed E-state index contributed by atoms with van der Waals surface area (Å²) < 4.78 is 5.13. The van der Waals surface area contributed by atoms with Crippen LogP contribution < -0.4 is 4.74 Å². The summed E-state index contributed by atoms with van der Waals surface area (Å²) in [6.45, 7) is 1.96. The smallest absolute Gasteiger partial charge is 0.173 e. The fraction of sp³-hybridized carbons (Fsp3) is 0.467. The van der Waals surface area contributed by atoms with Crippen LogP contribution in [0.5, 0.6) is 5.75 Å². The van der Waals surface area contributed by atoms with E-state index in [9.17, 15) is 9.59 Å². The van der Waals surface area contributed by atoms with Crippen LogP contribution in [-0.2, 0) is 11.2 Å². The van der Waals surface area contributed by atoms with E-state index in [-0.39, 0.29) is 11.6 Å². The first-order chi connectivity index (χ1) is 8.67. The van der Waals surface area contributed by atoms with Crippen LogP contribution in [0.4, 0.5) is 0 Å². The Morgan fingerprint density at radius 3 is 2.89 bits per heavy atom. The molecule has 0 heterocycles. The van der Waals surface area contributed by atoms with E-state index in [0.29, 0.717) is 24.2 Å². The normalized spacial score (nSPS) is 18.3. The highest BCUT2D eigenvalue weighted by molar-refractivity contribution is 6.12. The SMILES string of the molecule is CCCC(=O)C1CCc2ccc(OC)cc2C1=O. The monoisotopic (exact) mass is 246 g/mol. The van der Waals surface area contributed by atoms with Gasteiger partial charge in [-0.3, -0.25) is 9.59 Å². The average molecular weight is 246 g/mol. The minimum atomic E-state index is -0.440. The van der Waals surface area contributed by atoms with Crippen molar-refractivity contribution >= 4 is 11.6 Å². The molecule has 0 aliphatic heterocycles. The predicted octanol–water partition coefficient (Wildman–Crippen LogP) is 2.81. The third-order valence-corrected chi connectivity index (χ3v) is 3.49. The van der Waals surface area contributed by atoms with E-state index in [1.165, 1.54) is 0 Å². The predicted molar refractivity (Wildman–Crippen MR) is 69.1 cm³/mol. The van der Waals surface area contributed by atoms with E-state index < -0.39 is 5.92 Å². The molecule has 1 atom stereocenters. The number of fused-ring (bicyclic) bond motifs is 1. The number of carbonyl (C=O) groups excluding carboxylic acids is 2. The van der Waals surface area contributed by atoms with Gasteiger partial charge in [-0.25, -0.2) is 0 Å². The second kappa shape index (κ2) is 5.34. The van der Waals surface area contributed by atoms with Crippen molar-refractivity contribution < 1.29 is 14.3 Å². The van der Waals surface area contributed by atoms with Crippen LogP contribution in [0.3, 0.4) is 0 Å². The molecule has 0 bridgehead atoms. The van der Waals surface area contributed by atoms with Crippen molar-refractivity contribution in [2.45, 2.75) is 32.6 Å². The topological polar surface area (TPSA) is 43.4 Å². The van der Waals surface area contributed by atoms with Crippen molar-refractivity contribution in [3.63, 3.8) is 0 Å². The molecule has 3 heteroatoms. The highest BCUT2D eigenvalue weighted by Gasteiger charge is 2.32. The van der Waals surface area contributed by atoms with Gasteiger partial charge in [-0.1, -0.05) is 13.0 Å². The number of carbonyl (C=O) groups is 2. The summed E-state index contributed by atoms with van der Waals surface area (Å²) in [6.07, 6.45) is 2.74. The lowest BCUT2D eigenvalue weighted by Crippen LogP contribution is -2.29. The Kier molecular flexibility index (Phi) is 3.80. The van der Waals surface area contributed by atoms with Gasteiger partial charge in [-0.05, 0) is 37.0 Å². The summed E-state index contributed by atoms with van der Waals surface area (Å²) in [6, 6.07) is 5.54. The summed E-state index contributed by atoms with van der Waals surface area (Å²) in [7, 11) is 1.58. The maximum absolute atomic E-state index is 12.3. The fourth-order valence-electron chi connectivity index (χ4n) is 2.48. The lowest BCUT2D eigenvalue weighted by atomic mass is 9.79. The van der Waals surface area contributed by atoms with Gasteiger partial charge >= 0.3 is 0 Å². The Labute approximate surface area is 107 Å². The Bertz CT molecular complexity index is 477. The molecule has 2 rings (SSSR count). The van der Waals surface area contributed by atoms with Crippen molar-refractivity contribution in [3.05, 3.63) is 29.3 Å². The van der Waals surface area contributed by atoms with Gasteiger partial charge in [-0.15, -0.1) is 0 Å². The molecule has 0 aromatic heterocycles. The molecule has 3 nitrogen and oxygen atoms in total. The van der Waals surface area contributed by atoms with Crippen molar-refractivity contribution in [2.24, 2.45) is 5.92 Å². The van der Waals surface area contributed by atoms with Gasteiger partial charge in [0.1, 0.15) is 11.5 Å². The fourth-order valence-corrected chi connectivity index (χ4v) is 2.48. The lowest BCUT2D eigenvalue weighted by molar-refractivity contribution is -0.121. The van der Waals surface area contributed by atoms with E-state index in [1.54, 1.807) is 13.2 Å². The Morgan fingerprint density at radius 2 is 2.22 bits per heavy atom. The van der Waals surface area contributed by atoms with Crippen molar-refractivity contribution in [3.8, 4) is 5.75 Å². The molecular weight excluding hydrogens is 228 g/mol. The quantitative estimate of drug-likeness (QED) is 0.767. The third-order valence-electron chi connectivity index (χ3n) is 3.49. The summed E-state index contributed by atoms with van der Waals surface area (Å²) in [5.41, 5.74) is 1.69. The maximum atomic E-state index is 12.3. The largest absolute Gasteiger partial charge is 0.497 e. The van der Waals surface area contributed by atoms with Crippen molar-refractivity contribution in [2.75, 3.05) is 7.11 Å². The number of ketones is 2. The van der Waals surface area contributed by atoms with Crippen LogP contribution in [0.25, 0.3) is 0 Å². The molecule has 0 radical (unpaired) electrons. The van der Waals surface area contributed by atoms with E-state index in [2.05, 4.69) is 0 Å². The maximum Gasteiger partial charge on any atom is 0.173 e. The lowest BCUT2D eigenvalue weighted by Gasteiger charge is -2.22. The number of Topliss-reactive ketones (excluding diaryl/α,β-unsaturated/α-hetero) is 2. The van der Waals surface area contributed by atoms with Crippen LogP contribution in [0.15, 0.2) is 18.2 Å². The molecule has 1 aromatic rings. The Balaban J connectivity index is 2.29. The minimum Gasteiger partial charge on any atom is -0.497 e. The summed E-state index contributed by atoms with van der Waals surface area (Å²) >= 11 is 0. The molecule has 0 spiro atoms. The van der Waals surface area contributed by atoms with Crippen molar-refractivity contribution in [1.82, 2.24) is 0 Å². The molecule has 1 aliphatic rings. The molecule has 1 unspecified atom stereocenters. The molecule has 0 amide bonds. The summed E-state index contributed by atoms with van der Waals surface area (Å²) in [5, 5.41) is 0. The molecule has 1 aliphatic carbocycles. The van der Waals surface area contributed by atoms with Gasteiger partial charge in [0.15, 0.2) is 5.78 Å². The first-order valence-electron chi connectivity index (χ1n) is 6.41. The van der Waals surface area contributed by atoms with Gasteiger partial charge in [0.25, 0.3) is 0 Å². The number of hydrogen-bond donors (Lipinski definition) is 0. The highest BCUT2D eigenvalue weighted by atomic mass is 16.5. The van der Waals surface area contributed by atoms with E-state index in [0.717, 1.165) is 18.4 Å². The van der Waals surface area contributed by atoms with Gasteiger partial charge in [-0.2, -0.15) is 0 Å². The van der Waals surface area contributed by atoms with Crippen LogP contribution in [0.2, 0.25) is 0 Å². The molecular formula is C15H18O3. The number of benzene rings is 1. The first-order valence-corrected chi connectivity index (χ1v) is 6.41. The van der Waals surface area contributed by atoms with Crippen LogP contribution in [0.1, 0.15) is 42.1 Å². The highest BCUT2D eigenvalue weighted by Crippen LogP contribution is 2.29. The van der Waals surface area contributed by atoms with Gasteiger partial charge < -0.3 is 4.74 Å². The number of rotatable bonds is 4. The molecule has 18 heavy (non-hydrogen) atoms. The van der Waals surface area contributed by atoms with Crippen LogP contribution >= 0.6 is 0 Å². The van der Waals surface area contributed by atoms with E-state index >= 15 is 0 Å². The minimum absolute atomic E-state index is 0.0337. The number of ether oxygens (including phenoxy) is 1. The number of hydrogen-bond acceptors (Lipinski definition) is 3. The molecule has 0 saturated heterocycles. The second-order valence-corrected chi connectivity index (χ2v) is 4.69. The zero-order valence-corrected chi connectivity index (χ0v) is 10.9. The molecule has 0 saturated carbocycles. The number of methoxy groups -OCH3 is 1. The third kappa shape index (κ3) is 2.30. The summed E-state index contributed by atoms with van der Waals surface area (Å²) in [4.78, 5) is 24.2. The molecule has 96 valence electrons. The standard InChI is InChI=1S/C15H18O3/c1-3-4-14(16)12-8-6-10-5-7-11(18-2)9-13(10)15(12)17/h5,7,9,12H,3-4,6,8H2,1-2H3. The first kappa shape index (κ1) is 12.8. The van der Waals surface area contributed by atoms with Gasteiger partial charge in [0.2, 0.25) is 0 Å². The number of aryl methyl sites for hydroxylation is 1. The second-order valence-electron chi connectivity index (χ2n) is 4.69. The molecule has 0 N–H and O–H groups in total. The van der Waals surface area contributed by atoms with E-state index in [1.807, 2.05) is 19.1 Å². The van der Waals surface area contributed by atoms with Crippen LogP contribution in [0, 0.1) is 5.92 Å². The van der Waals surface area contributed by atoms with Gasteiger partial charge in [0.05, 0.1) is 13.0 Å². The van der Waals surface area contributed by atoms with E-state index in [4.69, 9.17) is 4.74 Å². The molecule has 0 fully saturated rings.